The Morgan fingerprint density at radius 2 is 2.46 bits per heavy atom. The Hall–Kier alpha value is -1.23. The molecule has 0 N–H and O–H groups in total. The van der Waals surface area contributed by atoms with Gasteiger partial charge in [-0.05, 0) is 0 Å². The number of nitrogens with zero attached hydrogens (tertiary/aromatic N) is 3. The molecule has 0 amide bonds. The first-order chi connectivity index (χ1) is 6.38. The van der Waals surface area contributed by atoms with E-state index in [4.69, 9.17) is 4.52 Å². The normalized spacial score (nSPS) is 10.5. The molecule has 0 unspecified atom stereocenters. The minimum Gasteiger partial charge on any atom is -0.339 e. The van der Waals surface area contributed by atoms with Gasteiger partial charge in [-0.25, -0.2) is 4.98 Å². The summed E-state index contributed by atoms with van der Waals surface area (Å²) >= 11 is 1.57. The first-order valence-corrected chi connectivity index (χ1v) is 5.01. The van der Waals surface area contributed by atoms with E-state index >= 15 is 0 Å². The summed E-state index contributed by atoms with van der Waals surface area (Å²) in [6, 6.07) is 0. The fraction of sp³-hybridized carbons (Fsp3) is 0.375. The van der Waals surface area contributed by atoms with E-state index < -0.39 is 0 Å². The topological polar surface area (TPSA) is 51.8 Å². The molecule has 2 aromatic rings. The molecule has 4 nitrogen and oxygen atoms in total. The van der Waals surface area contributed by atoms with Gasteiger partial charge < -0.3 is 4.52 Å². The van der Waals surface area contributed by atoms with Gasteiger partial charge in [0, 0.05) is 11.8 Å². The van der Waals surface area contributed by atoms with Gasteiger partial charge in [0.15, 0.2) is 5.82 Å². The quantitative estimate of drug-likeness (QED) is 0.747. The van der Waals surface area contributed by atoms with Gasteiger partial charge in [0.1, 0.15) is 0 Å². The van der Waals surface area contributed by atoms with E-state index in [-0.39, 0.29) is 0 Å². The third kappa shape index (κ3) is 1.92. The molecule has 0 aromatic carbocycles. The maximum absolute atomic E-state index is 4.98. The predicted molar refractivity (Wildman–Crippen MR) is 48.6 cm³/mol. The zero-order chi connectivity index (χ0) is 9.10. The first-order valence-electron chi connectivity index (χ1n) is 4.07. The zero-order valence-corrected chi connectivity index (χ0v) is 8.04. The van der Waals surface area contributed by atoms with E-state index in [2.05, 4.69) is 15.1 Å². The van der Waals surface area contributed by atoms with Gasteiger partial charge in [0.25, 0.3) is 0 Å². The van der Waals surface area contributed by atoms with Crippen LogP contribution in [-0.4, -0.2) is 15.1 Å². The molecular formula is C8H9N3OS. The molecule has 0 aliphatic carbocycles. The molecule has 0 aliphatic rings. The van der Waals surface area contributed by atoms with Crippen molar-refractivity contribution in [1.82, 2.24) is 15.1 Å². The van der Waals surface area contributed by atoms with Crippen LogP contribution in [0.15, 0.2) is 15.4 Å². The van der Waals surface area contributed by atoms with E-state index in [9.17, 15) is 0 Å². The van der Waals surface area contributed by atoms with Crippen LogP contribution in [0.1, 0.15) is 24.3 Å². The molecule has 0 aliphatic heterocycles. The van der Waals surface area contributed by atoms with Crippen LogP contribution < -0.4 is 0 Å². The molecular weight excluding hydrogens is 186 g/mol. The monoisotopic (exact) mass is 195 g/mol. The summed E-state index contributed by atoms with van der Waals surface area (Å²) in [5, 5.41) is 5.83. The molecule has 0 spiro atoms. The second-order valence-electron chi connectivity index (χ2n) is 2.61. The number of hydrogen-bond acceptors (Lipinski definition) is 5. The third-order valence-corrected chi connectivity index (χ3v) is 2.27. The van der Waals surface area contributed by atoms with E-state index in [1.54, 1.807) is 16.8 Å². The van der Waals surface area contributed by atoms with Crippen molar-refractivity contribution in [3.8, 4) is 0 Å². The zero-order valence-electron chi connectivity index (χ0n) is 7.23. The van der Waals surface area contributed by atoms with Crippen LogP contribution in [-0.2, 0) is 12.8 Å². The molecule has 68 valence electrons. The molecule has 0 fully saturated rings. The number of hydrogen-bond donors (Lipinski definition) is 0. The molecule has 5 heteroatoms. The molecule has 0 saturated heterocycles. The van der Waals surface area contributed by atoms with Crippen molar-refractivity contribution in [2.24, 2.45) is 0 Å². The number of aryl methyl sites for hydroxylation is 1. The van der Waals surface area contributed by atoms with E-state index in [1.165, 1.54) is 0 Å². The fourth-order valence-corrected chi connectivity index (χ4v) is 1.55. The van der Waals surface area contributed by atoms with Crippen LogP contribution in [0.4, 0.5) is 0 Å². The largest absolute Gasteiger partial charge is 0.339 e. The van der Waals surface area contributed by atoms with Crippen molar-refractivity contribution in [2.75, 3.05) is 0 Å². The van der Waals surface area contributed by atoms with Crippen molar-refractivity contribution in [1.29, 1.82) is 0 Å². The van der Waals surface area contributed by atoms with Gasteiger partial charge in [-0.15, -0.1) is 11.3 Å². The van der Waals surface area contributed by atoms with Crippen LogP contribution in [0.5, 0.6) is 0 Å². The molecule has 2 aromatic heterocycles. The highest BCUT2D eigenvalue weighted by molar-refractivity contribution is 7.07. The Balaban J connectivity index is 2.10. The fourth-order valence-electron chi connectivity index (χ4n) is 0.992. The Kier molecular flexibility index (Phi) is 2.35. The summed E-state index contributed by atoms with van der Waals surface area (Å²) in [5.41, 5.74) is 2.80. The van der Waals surface area contributed by atoms with Crippen LogP contribution in [0.2, 0.25) is 0 Å². The molecule has 13 heavy (non-hydrogen) atoms. The lowest BCUT2D eigenvalue weighted by atomic mass is 10.3. The number of aromatic nitrogens is 3. The van der Waals surface area contributed by atoms with Crippen molar-refractivity contribution < 1.29 is 4.52 Å². The molecule has 2 rings (SSSR count). The van der Waals surface area contributed by atoms with Crippen molar-refractivity contribution in [3.05, 3.63) is 28.3 Å². The summed E-state index contributed by atoms with van der Waals surface area (Å²) in [5.74, 6) is 1.40. The minimum atomic E-state index is 0.660. The average molecular weight is 195 g/mol. The van der Waals surface area contributed by atoms with Crippen molar-refractivity contribution >= 4 is 11.3 Å². The smallest absolute Gasteiger partial charge is 0.226 e. The number of thiazole rings is 1. The summed E-state index contributed by atoms with van der Waals surface area (Å²) in [6.45, 7) is 1.99. The molecule has 2 heterocycles. The van der Waals surface area contributed by atoms with Crippen molar-refractivity contribution in [3.63, 3.8) is 0 Å². The second kappa shape index (κ2) is 3.66. The van der Waals surface area contributed by atoms with E-state index in [1.807, 2.05) is 12.3 Å². The summed E-state index contributed by atoms with van der Waals surface area (Å²) in [6.07, 6.45) is 1.44. The second-order valence-corrected chi connectivity index (χ2v) is 3.33. The van der Waals surface area contributed by atoms with Crippen LogP contribution in [0, 0.1) is 0 Å². The van der Waals surface area contributed by atoms with Crippen LogP contribution in [0.3, 0.4) is 0 Å². The Morgan fingerprint density at radius 1 is 1.54 bits per heavy atom. The Labute approximate surface area is 79.6 Å². The van der Waals surface area contributed by atoms with Gasteiger partial charge in [0.05, 0.1) is 17.6 Å². The first kappa shape index (κ1) is 8.37. The lowest BCUT2D eigenvalue weighted by Gasteiger charge is -1.85. The van der Waals surface area contributed by atoms with Gasteiger partial charge >= 0.3 is 0 Å². The summed E-state index contributed by atoms with van der Waals surface area (Å²) in [7, 11) is 0. The lowest BCUT2D eigenvalue weighted by Crippen LogP contribution is -1.90. The Morgan fingerprint density at radius 3 is 3.08 bits per heavy atom. The standard InChI is InChI=1S/C8H9N3OS/c1-2-8-10-7(11-12-8)3-6-4-13-5-9-6/h4-5H,2-3H2,1H3. The maximum Gasteiger partial charge on any atom is 0.226 e. The van der Waals surface area contributed by atoms with E-state index in [0.29, 0.717) is 18.1 Å². The van der Waals surface area contributed by atoms with Gasteiger partial charge in [-0.2, -0.15) is 4.98 Å². The molecule has 0 saturated carbocycles. The van der Waals surface area contributed by atoms with Crippen molar-refractivity contribution in [2.45, 2.75) is 19.8 Å². The highest BCUT2D eigenvalue weighted by Gasteiger charge is 2.05. The molecule has 0 bridgehead atoms. The van der Waals surface area contributed by atoms with Crippen LogP contribution in [0.25, 0.3) is 0 Å². The summed E-state index contributed by atoms with van der Waals surface area (Å²) < 4.78 is 4.98. The summed E-state index contributed by atoms with van der Waals surface area (Å²) in [4.78, 5) is 8.33. The SMILES string of the molecule is CCc1nc(Cc2cscn2)no1. The predicted octanol–water partition coefficient (Wildman–Crippen LogP) is 1.68. The van der Waals surface area contributed by atoms with Gasteiger partial charge in [-0.1, -0.05) is 12.1 Å². The van der Waals surface area contributed by atoms with Gasteiger partial charge in [-0.3, -0.25) is 0 Å². The molecule has 0 radical (unpaired) electrons. The van der Waals surface area contributed by atoms with Crippen LogP contribution >= 0.6 is 11.3 Å². The minimum absolute atomic E-state index is 0.660. The van der Waals surface area contributed by atoms with Gasteiger partial charge in [0.2, 0.25) is 5.89 Å². The lowest BCUT2D eigenvalue weighted by molar-refractivity contribution is 0.377. The number of rotatable bonds is 3. The Bertz CT molecular complexity index is 368. The third-order valence-electron chi connectivity index (χ3n) is 1.64. The maximum atomic E-state index is 4.98. The van der Waals surface area contributed by atoms with E-state index in [0.717, 1.165) is 12.1 Å². The average Bonchev–Trinajstić information content (AvgIpc) is 2.76. The highest BCUT2D eigenvalue weighted by Crippen LogP contribution is 2.07. The highest BCUT2D eigenvalue weighted by atomic mass is 32.1. The molecule has 0 atom stereocenters.